The van der Waals surface area contributed by atoms with E-state index in [9.17, 15) is 0 Å². The molecule has 0 aliphatic carbocycles. The van der Waals surface area contributed by atoms with Crippen LogP contribution in [0.2, 0.25) is 5.02 Å². The van der Waals surface area contributed by atoms with E-state index in [2.05, 4.69) is 42.6 Å². The molecule has 0 bridgehead atoms. The molecule has 1 heterocycles. The molecule has 1 atom stereocenters. The molecule has 0 radical (unpaired) electrons. The molecule has 1 fully saturated rings. The van der Waals surface area contributed by atoms with Crippen LogP contribution >= 0.6 is 11.6 Å². The smallest absolute Gasteiger partial charge is 0.191 e. The second kappa shape index (κ2) is 5.08. The molecule has 1 unspecified atom stereocenters. The van der Waals surface area contributed by atoms with Crippen LogP contribution < -0.4 is 5.32 Å². The summed E-state index contributed by atoms with van der Waals surface area (Å²) in [6.45, 7) is 2.91. The van der Waals surface area contributed by atoms with Gasteiger partial charge in [0.2, 0.25) is 0 Å². The third kappa shape index (κ3) is 2.61. The number of hydrogen-bond acceptors (Lipinski definition) is 1. The number of benzene rings is 2. The zero-order valence-electron chi connectivity index (χ0n) is 12.2. The summed E-state index contributed by atoms with van der Waals surface area (Å²) >= 11 is 6.08. The van der Waals surface area contributed by atoms with Crippen LogP contribution in [-0.2, 0) is 5.54 Å². The summed E-state index contributed by atoms with van der Waals surface area (Å²) < 4.78 is 0. The Morgan fingerprint density at radius 2 is 1.81 bits per heavy atom. The molecular formula is C17H18ClN3. The van der Waals surface area contributed by atoms with Crippen molar-refractivity contribution in [2.24, 2.45) is 0 Å². The maximum absolute atomic E-state index is 7.90. The average Bonchev–Trinajstić information content (AvgIpc) is 2.73. The highest BCUT2D eigenvalue weighted by Crippen LogP contribution is 2.30. The molecule has 0 amide bonds. The van der Waals surface area contributed by atoms with E-state index in [1.807, 2.05) is 30.1 Å². The first kappa shape index (κ1) is 14.0. The summed E-state index contributed by atoms with van der Waals surface area (Å²) in [4.78, 5) is 1.92. The fourth-order valence-corrected chi connectivity index (χ4v) is 3.01. The van der Waals surface area contributed by atoms with E-state index < -0.39 is 0 Å². The molecule has 0 saturated carbocycles. The molecule has 2 aromatic rings. The van der Waals surface area contributed by atoms with E-state index >= 15 is 0 Å². The topological polar surface area (TPSA) is 39.1 Å². The zero-order chi connectivity index (χ0) is 15.0. The van der Waals surface area contributed by atoms with E-state index in [1.165, 1.54) is 5.56 Å². The zero-order valence-corrected chi connectivity index (χ0v) is 12.9. The van der Waals surface area contributed by atoms with Crippen molar-refractivity contribution < 1.29 is 0 Å². The SMILES string of the molecule is CN1CC(C)(c2cccc(-c3cccc(Cl)c3)c2)NC1=N. The Bertz CT molecular complexity index is 698. The second-order valence-electron chi connectivity index (χ2n) is 5.75. The Labute approximate surface area is 130 Å². The van der Waals surface area contributed by atoms with Crippen LogP contribution in [0.3, 0.4) is 0 Å². The predicted octanol–water partition coefficient (Wildman–Crippen LogP) is 3.69. The first-order valence-electron chi connectivity index (χ1n) is 6.92. The minimum atomic E-state index is -0.236. The van der Waals surface area contributed by atoms with Gasteiger partial charge in [0.1, 0.15) is 0 Å². The van der Waals surface area contributed by atoms with Crippen molar-refractivity contribution in [2.75, 3.05) is 13.6 Å². The molecule has 108 valence electrons. The number of likely N-dealkylation sites (N-methyl/N-ethyl adjacent to an activating group) is 1. The lowest BCUT2D eigenvalue weighted by molar-refractivity contribution is 0.404. The Kier molecular flexibility index (Phi) is 3.38. The molecule has 0 spiro atoms. The lowest BCUT2D eigenvalue weighted by Crippen LogP contribution is -2.37. The number of hydrogen-bond donors (Lipinski definition) is 2. The Morgan fingerprint density at radius 1 is 1.14 bits per heavy atom. The van der Waals surface area contributed by atoms with Gasteiger partial charge in [-0.05, 0) is 41.8 Å². The molecule has 1 saturated heterocycles. The molecule has 21 heavy (non-hydrogen) atoms. The van der Waals surface area contributed by atoms with Gasteiger partial charge in [0.05, 0.1) is 5.54 Å². The van der Waals surface area contributed by atoms with Gasteiger partial charge in [0.15, 0.2) is 5.96 Å². The fourth-order valence-electron chi connectivity index (χ4n) is 2.82. The van der Waals surface area contributed by atoms with Gasteiger partial charge in [-0.3, -0.25) is 5.41 Å². The van der Waals surface area contributed by atoms with Crippen molar-refractivity contribution in [1.29, 1.82) is 5.41 Å². The van der Waals surface area contributed by atoms with Crippen LogP contribution in [0, 0.1) is 5.41 Å². The highest BCUT2D eigenvalue weighted by Gasteiger charge is 2.36. The summed E-state index contributed by atoms with van der Waals surface area (Å²) in [5.74, 6) is 0.464. The van der Waals surface area contributed by atoms with Gasteiger partial charge in [-0.15, -0.1) is 0 Å². The fraction of sp³-hybridized carbons (Fsp3) is 0.235. The summed E-state index contributed by atoms with van der Waals surface area (Å²) in [5.41, 5.74) is 3.18. The lowest BCUT2D eigenvalue weighted by Gasteiger charge is -2.24. The van der Waals surface area contributed by atoms with Crippen LogP contribution in [0.25, 0.3) is 11.1 Å². The van der Waals surface area contributed by atoms with Crippen molar-refractivity contribution in [3.05, 3.63) is 59.1 Å². The van der Waals surface area contributed by atoms with E-state index in [-0.39, 0.29) is 5.54 Å². The van der Waals surface area contributed by atoms with Gasteiger partial charge in [-0.25, -0.2) is 0 Å². The van der Waals surface area contributed by atoms with Gasteiger partial charge in [0, 0.05) is 18.6 Å². The van der Waals surface area contributed by atoms with Crippen LogP contribution in [-0.4, -0.2) is 24.5 Å². The van der Waals surface area contributed by atoms with E-state index in [0.717, 1.165) is 22.7 Å². The van der Waals surface area contributed by atoms with Gasteiger partial charge in [-0.1, -0.05) is 41.9 Å². The van der Waals surface area contributed by atoms with Crippen molar-refractivity contribution in [3.8, 4) is 11.1 Å². The van der Waals surface area contributed by atoms with Crippen molar-refractivity contribution >= 4 is 17.6 Å². The van der Waals surface area contributed by atoms with Crippen LogP contribution in [0.15, 0.2) is 48.5 Å². The van der Waals surface area contributed by atoms with Gasteiger partial charge in [0.25, 0.3) is 0 Å². The predicted molar refractivity (Wildman–Crippen MR) is 87.7 cm³/mol. The van der Waals surface area contributed by atoms with E-state index in [4.69, 9.17) is 17.0 Å². The highest BCUT2D eigenvalue weighted by atomic mass is 35.5. The largest absolute Gasteiger partial charge is 0.345 e. The Morgan fingerprint density at radius 3 is 2.43 bits per heavy atom. The Balaban J connectivity index is 1.99. The van der Waals surface area contributed by atoms with Crippen LogP contribution in [0.4, 0.5) is 0 Å². The molecule has 4 heteroatoms. The molecule has 1 aliphatic heterocycles. The molecule has 3 nitrogen and oxygen atoms in total. The number of guanidine groups is 1. The van der Waals surface area contributed by atoms with Crippen LogP contribution in [0.1, 0.15) is 12.5 Å². The number of rotatable bonds is 2. The minimum Gasteiger partial charge on any atom is -0.345 e. The van der Waals surface area contributed by atoms with E-state index in [0.29, 0.717) is 5.96 Å². The maximum atomic E-state index is 7.90. The molecule has 3 rings (SSSR count). The second-order valence-corrected chi connectivity index (χ2v) is 6.19. The van der Waals surface area contributed by atoms with E-state index in [1.54, 1.807) is 0 Å². The average molecular weight is 300 g/mol. The normalized spacial score (nSPS) is 21.5. The number of nitrogens with zero attached hydrogens (tertiary/aromatic N) is 1. The van der Waals surface area contributed by atoms with Crippen molar-refractivity contribution in [2.45, 2.75) is 12.5 Å². The molecule has 0 aromatic heterocycles. The first-order chi connectivity index (χ1) is 9.98. The molecule has 1 aliphatic rings. The first-order valence-corrected chi connectivity index (χ1v) is 7.30. The maximum Gasteiger partial charge on any atom is 0.191 e. The standard InChI is InChI=1S/C17H18ClN3/c1-17(11-21(2)16(19)20-17)14-7-3-5-12(9-14)13-6-4-8-15(18)10-13/h3-10H,11H2,1-2H3,(H2,19,20). The highest BCUT2D eigenvalue weighted by molar-refractivity contribution is 6.30. The molecule has 2 aromatic carbocycles. The third-order valence-electron chi connectivity index (χ3n) is 3.99. The van der Waals surface area contributed by atoms with Gasteiger partial charge in [-0.2, -0.15) is 0 Å². The monoisotopic (exact) mass is 299 g/mol. The van der Waals surface area contributed by atoms with Gasteiger partial charge < -0.3 is 10.2 Å². The van der Waals surface area contributed by atoms with Crippen molar-refractivity contribution in [1.82, 2.24) is 10.2 Å². The minimum absolute atomic E-state index is 0.236. The van der Waals surface area contributed by atoms with Gasteiger partial charge >= 0.3 is 0 Å². The van der Waals surface area contributed by atoms with Crippen LogP contribution in [0.5, 0.6) is 0 Å². The third-order valence-corrected chi connectivity index (χ3v) is 4.22. The summed E-state index contributed by atoms with van der Waals surface area (Å²) in [6, 6.07) is 16.3. The lowest BCUT2D eigenvalue weighted by atomic mass is 9.90. The Hall–Kier alpha value is -2.00. The number of halogens is 1. The number of nitrogens with one attached hydrogen (secondary N) is 2. The molecule has 2 N–H and O–H groups in total. The summed E-state index contributed by atoms with van der Waals surface area (Å²) in [7, 11) is 1.93. The quantitative estimate of drug-likeness (QED) is 0.887. The summed E-state index contributed by atoms with van der Waals surface area (Å²) in [5, 5.41) is 11.9. The molecular weight excluding hydrogens is 282 g/mol. The van der Waals surface area contributed by atoms with Crippen molar-refractivity contribution in [3.63, 3.8) is 0 Å². The summed E-state index contributed by atoms with van der Waals surface area (Å²) in [6.07, 6.45) is 0.